The minimum atomic E-state index is -4.44. The van der Waals surface area contributed by atoms with Crippen molar-refractivity contribution in [1.29, 1.82) is 0 Å². The molecule has 0 aromatic carbocycles. The molecule has 1 rings (SSSR count). The second-order valence-corrected chi connectivity index (χ2v) is 2.63. The van der Waals surface area contributed by atoms with Gasteiger partial charge in [0.2, 0.25) is 0 Å². The zero-order valence-electron chi connectivity index (χ0n) is 5.79. The topological polar surface area (TPSA) is 12.0 Å². The predicted octanol–water partition coefficient (Wildman–Crippen LogP) is 1.64. The van der Waals surface area contributed by atoms with E-state index in [1.165, 1.54) is 0 Å². The van der Waals surface area contributed by atoms with E-state index in [9.17, 15) is 17.6 Å². The second kappa shape index (κ2) is 2.97. The van der Waals surface area contributed by atoms with Crippen molar-refractivity contribution >= 4 is 0 Å². The molecule has 1 heterocycles. The molecule has 0 spiro atoms. The van der Waals surface area contributed by atoms with E-state index in [-0.39, 0.29) is 13.0 Å². The molecule has 66 valence electrons. The van der Waals surface area contributed by atoms with Crippen LogP contribution in [0.2, 0.25) is 0 Å². The van der Waals surface area contributed by atoms with Gasteiger partial charge in [0.15, 0.2) is 0 Å². The largest absolute Gasteiger partial charge is 0.406 e. The van der Waals surface area contributed by atoms with Gasteiger partial charge in [0.1, 0.15) is 12.2 Å². The van der Waals surface area contributed by atoms with Crippen LogP contribution in [0.5, 0.6) is 0 Å². The van der Waals surface area contributed by atoms with Crippen molar-refractivity contribution in [3.05, 3.63) is 0 Å². The lowest BCUT2D eigenvalue weighted by atomic mass is 10.0. The van der Waals surface area contributed by atoms with Gasteiger partial charge in [-0.15, -0.1) is 0 Å². The summed E-state index contributed by atoms with van der Waals surface area (Å²) in [5, 5.41) is 2.11. The summed E-state index contributed by atoms with van der Waals surface area (Å²) in [6, 6.07) is -1.95. The van der Waals surface area contributed by atoms with Crippen LogP contribution in [0, 0.1) is 0 Å². The summed E-state index contributed by atoms with van der Waals surface area (Å²) in [7, 11) is 0. The Morgan fingerprint density at radius 2 is 1.91 bits per heavy atom. The fourth-order valence-corrected chi connectivity index (χ4v) is 1.17. The molecular formula is C6H9F4N. The molecule has 0 saturated carbocycles. The number of piperidine rings is 1. The van der Waals surface area contributed by atoms with Gasteiger partial charge in [-0.05, 0) is 19.4 Å². The van der Waals surface area contributed by atoms with Crippen LogP contribution in [-0.2, 0) is 0 Å². The molecule has 0 bridgehead atoms. The van der Waals surface area contributed by atoms with E-state index in [1.54, 1.807) is 0 Å². The number of halogens is 4. The third-order valence-corrected chi connectivity index (χ3v) is 1.74. The standard InChI is InChI=1S/C6H9F4N/c7-4-2-1-3-11-5(4)6(8,9)10/h4-5,11H,1-3H2. The summed E-state index contributed by atoms with van der Waals surface area (Å²) in [5.41, 5.74) is 0. The van der Waals surface area contributed by atoms with Crippen molar-refractivity contribution in [2.24, 2.45) is 0 Å². The molecule has 1 aliphatic rings. The van der Waals surface area contributed by atoms with Gasteiger partial charge >= 0.3 is 6.18 Å². The van der Waals surface area contributed by atoms with Crippen LogP contribution in [-0.4, -0.2) is 24.9 Å². The minimum Gasteiger partial charge on any atom is -0.304 e. The molecule has 1 fully saturated rings. The van der Waals surface area contributed by atoms with E-state index in [0.29, 0.717) is 6.42 Å². The third kappa shape index (κ3) is 2.05. The van der Waals surface area contributed by atoms with E-state index in [4.69, 9.17) is 0 Å². The summed E-state index contributed by atoms with van der Waals surface area (Å²) in [5.74, 6) is 0. The quantitative estimate of drug-likeness (QED) is 0.546. The van der Waals surface area contributed by atoms with Gasteiger partial charge in [-0.3, -0.25) is 0 Å². The molecule has 2 unspecified atom stereocenters. The highest BCUT2D eigenvalue weighted by Gasteiger charge is 2.45. The highest BCUT2D eigenvalue weighted by atomic mass is 19.4. The van der Waals surface area contributed by atoms with Crippen LogP contribution < -0.4 is 5.32 Å². The zero-order chi connectivity index (χ0) is 8.48. The lowest BCUT2D eigenvalue weighted by Gasteiger charge is -2.28. The Balaban J connectivity index is 2.55. The molecular weight excluding hydrogens is 162 g/mol. The second-order valence-electron chi connectivity index (χ2n) is 2.63. The first-order chi connectivity index (χ1) is 5.02. The molecule has 2 atom stereocenters. The van der Waals surface area contributed by atoms with Crippen LogP contribution in [0.25, 0.3) is 0 Å². The number of nitrogens with one attached hydrogen (secondary N) is 1. The Morgan fingerprint density at radius 1 is 1.27 bits per heavy atom. The molecule has 0 radical (unpaired) electrons. The van der Waals surface area contributed by atoms with Crippen molar-refractivity contribution in [3.63, 3.8) is 0 Å². The number of hydrogen-bond acceptors (Lipinski definition) is 1. The molecule has 1 N–H and O–H groups in total. The lowest BCUT2D eigenvalue weighted by molar-refractivity contribution is -0.174. The van der Waals surface area contributed by atoms with E-state index < -0.39 is 18.4 Å². The van der Waals surface area contributed by atoms with Crippen LogP contribution >= 0.6 is 0 Å². The Bertz CT molecular complexity index is 133. The minimum absolute atomic E-state index is 0.0111. The summed E-state index contributed by atoms with van der Waals surface area (Å²) in [4.78, 5) is 0. The molecule has 11 heavy (non-hydrogen) atoms. The SMILES string of the molecule is FC1CCCNC1C(F)(F)F. The average Bonchev–Trinajstić information content (AvgIpc) is 1.86. The van der Waals surface area contributed by atoms with Crippen molar-refractivity contribution < 1.29 is 17.6 Å². The van der Waals surface area contributed by atoms with E-state index in [0.717, 1.165) is 0 Å². The van der Waals surface area contributed by atoms with E-state index in [1.807, 2.05) is 0 Å². The van der Waals surface area contributed by atoms with Gasteiger partial charge in [-0.25, -0.2) is 4.39 Å². The summed E-state index contributed by atoms with van der Waals surface area (Å²) in [6.07, 6.45) is -5.73. The number of hydrogen-bond donors (Lipinski definition) is 1. The maximum atomic E-state index is 12.6. The molecule has 0 aliphatic carbocycles. The monoisotopic (exact) mass is 171 g/mol. The third-order valence-electron chi connectivity index (χ3n) is 1.74. The number of alkyl halides is 4. The Morgan fingerprint density at radius 3 is 2.27 bits per heavy atom. The normalized spacial score (nSPS) is 33.8. The van der Waals surface area contributed by atoms with Crippen LogP contribution in [0.15, 0.2) is 0 Å². The van der Waals surface area contributed by atoms with Crippen LogP contribution in [0.4, 0.5) is 17.6 Å². The van der Waals surface area contributed by atoms with Gasteiger partial charge in [0, 0.05) is 0 Å². The maximum Gasteiger partial charge on any atom is 0.406 e. The van der Waals surface area contributed by atoms with Crippen LogP contribution in [0.3, 0.4) is 0 Å². The Hall–Kier alpha value is -0.320. The van der Waals surface area contributed by atoms with Crippen LogP contribution in [0.1, 0.15) is 12.8 Å². The van der Waals surface area contributed by atoms with Crippen molar-refractivity contribution in [2.45, 2.75) is 31.2 Å². The number of rotatable bonds is 0. The first kappa shape index (κ1) is 8.77. The van der Waals surface area contributed by atoms with Gasteiger partial charge in [0.25, 0.3) is 0 Å². The van der Waals surface area contributed by atoms with Gasteiger partial charge in [-0.2, -0.15) is 13.2 Å². The first-order valence-corrected chi connectivity index (χ1v) is 3.46. The maximum absolute atomic E-state index is 12.6. The van der Waals surface area contributed by atoms with Gasteiger partial charge in [0.05, 0.1) is 0 Å². The summed E-state index contributed by atoms with van der Waals surface area (Å²) < 4.78 is 48.2. The summed E-state index contributed by atoms with van der Waals surface area (Å²) in [6.45, 7) is 0.255. The smallest absolute Gasteiger partial charge is 0.304 e. The van der Waals surface area contributed by atoms with Gasteiger partial charge < -0.3 is 5.32 Å². The fraction of sp³-hybridized carbons (Fsp3) is 1.00. The fourth-order valence-electron chi connectivity index (χ4n) is 1.17. The first-order valence-electron chi connectivity index (χ1n) is 3.46. The molecule has 5 heteroatoms. The predicted molar refractivity (Wildman–Crippen MR) is 32.0 cm³/mol. The van der Waals surface area contributed by atoms with Gasteiger partial charge in [-0.1, -0.05) is 0 Å². The van der Waals surface area contributed by atoms with Crippen molar-refractivity contribution in [3.8, 4) is 0 Å². The molecule has 0 aromatic rings. The lowest BCUT2D eigenvalue weighted by Crippen LogP contribution is -2.52. The molecule has 1 aliphatic heterocycles. The van der Waals surface area contributed by atoms with Crippen molar-refractivity contribution in [1.82, 2.24) is 5.32 Å². The van der Waals surface area contributed by atoms with E-state index >= 15 is 0 Å². The average molecular weight is 171 g/mol. The highest BCUT2D eigenvalue weighted by Crippen LogP contribution is 2.27. The Kier molecular flexibility index (Phi) is 2.37. The summed E-state index contributed by atoms with van der Waals surface area (Å²) >= 11 is 0. The van der Waals surface area contributed by atoms with Crippen molar-refractivity contribution in [2.75, 3.05) is 6.54 Å². The molecule has 0 amide bonds. The molecule has 0 aromatic heterocycles. The highest BCUT2D eigenvalue weighted by molar-refractivity contribution is 4.86. The van der Waals surface area contributed by atoms with E-state index in [2.05, 4.69) is 5.32 Å². The Labute approximate surface area is 61.8 Å². The zero-order valence-corrected chi connectivity index (χ0v) is 5.79. The molecule has 1 nitrogen and oxygen atoms in total. The molecule has 1 saturated heterocycles.